The van der Waals surface area contributed by atoms with E-state index in [0.717, 1.165) is 12.5 Å². The van der Waals surface area contributed by atoms with Crippen LogP contribution in [-0.2, 0) is 6.54 Å². The maximum atomic E-state index is 4.72. The Labute approximate surface area is 132 Å². The first-order valence-electron chi connectivity index (χ1n) is 8.51. The van der Waals surface area contributed by atoms with Gasteiger partial charge in [0.05, 0.1) is 6.54 Å². The Morgan fingerprint density at radius 2 is 2.14 bits per heavy atom. The molecule has 3 aliphatic rings. The van der Waals surface area contributed by atoms with Crippen LogP contribution < -0.4 is 5.32 Å². The van der Waals surface area contributed by atoms with Gasteiger partial charge in [0, 0.05) is 35.2 Å². The van der Waals surface area contributed by atoms with E-state index in [1.165, 1.54) is 62.3 Å². The molecule has 0 amide bonds. The highest BCUT2D eigenvalue weighted by molar-refractivity contribution is 7.09. The van der Waals surface area contributed by atoms with Crippen LogP contribution in [0.4, 0.5) is 0 Å². The number of rotatable bonds is 3. The van der Waals surface area contributed by atoms with Crippen molar-refractivity contribution in [2.45, 2.75) is 70.0 Å². The van der Waals surface area contributed by atoms with Gasteiger partial charge in [0.15, 0.2) is 0 Å². The Balaban J connectivity index is 1.57. The maximum Gasteiger partial charge on any atom is 0.107 e. The molecule has 1 spiro atoms. The number of thiazole rings is 1. The normalized spacial score (nSPS) is 32.9. The number of aryl methyl sites for hydroxylation is 1. The molecule has 2 saturated carbocycles. The standard InChI is InChI=1S/C17H27N3S/c1-13-10-21-15(19-13)9-20-12-16(2,14-5-6-14)18-11-17(20)7-3-4-8-17/h10,14,18H,3-9,11-12H2,1-2H3. The molecule has 2 aliphatic carbocycles. The summed E-state index contributed by atoms with van der Waals surface area (Å²) in [5, 5.41) is 7.45. The minimum Gasteiger partial charge on any atom is -0.308 e. The fraction of sp³-hybridized carbons (Fsp3) is 0.824. The van der Waals surface area contributed by atoms with E-state index in [1.807, 2.05) is 11.3 Å². The minimum absolute atomic E-state index is 0.333. The topological polar surface area (TPSA) is 28.2 Å². The van der Waals surface area contributed by atoms with Crippen LogP contribution in [0.2, 0.25) is 0 Å². The van der Waals surface area contributed by atoms with E-state index in [1.54, 1.807) is 0 Å². The zero-order valence-electron chi connectivity index (χ0n) is 13.3. The maximum absolute atomic E-state index is 4.72. The van der Waals surface area contributed by atoms with Gasteiger partial charge in [-0.2, -0.15) is 0 Å². The highest BCUT2D eigenvalue weighted by Crippen LogP contribution is 2.46. The van der Waals surface area contributed by atoms with Gasteiger partial charge >= 0.3 is 0 Å². The van der Waals surface area contributed by atoms with Gasteiger partial charge in [0.25, 0.3) is 0 Å². The molecule has 4 rings (SSSR count). The lowest BCUT2D eigenvalue weighted by Gasteiger charge is -2.52. The summed E-state index contributed by atoms with van der Waals surface area (Å²) in [6.45, 7) is 8.01. The van der Waals surface area contributed by atoms with Crippen molar-refractivity contribution in [3.05, 3.63) is 16.1 Å². The summed E-state index contributed by atoms with van der Waals surface area (Å²) in [6, 6.07) is 0. The summed E-state index contributed by atoms with van der Waals surface area (Å²) in [7, 11) is 0. The smallest absolute Gasteiger partial charge is 0.107 e. The summed E-state index contributed by atoms with van der Waals surface area (Å²) in [5.74, 6) is 0.900. The van der Waals surface area contributed by atoms with Crippen LogP contribution in [0.5, 0.6) is 0 Å². The highest BCUT2D eigenvalue weighted by Gasteiger charge is 2.51. The molecule has 1 unspecified atom stereocenters. The number of nitrogens with one attached hydrogen (secondary N) is 1. The number of hydrogen-bond acceptors (Lipinski definition) is 4. The van der Waals surface area contributed by atoms with E-state index >= 15 is 0 Å². The molecular weight excluding hydrogens is 278 g/mol. The molecule has 116 valence electrons. The Kier molecular flexibility index (Phi) is 3.40. The summed E-state index contributed by atoms with van der Waals surface area (Å²) >= 11 is 1.84. The largest absolute Gasteiger partial charge is 0.308 e. The Morgan fingerprint density at radius 3 is 2.76 bits per heavy atom. The zero-order valence-corrected chi connectivity index (χ0v) is 14.1. The van der Waals surface area contributed by atoms with Crippen LogP contribution >= 0.6 is 11.3 Å². The molecule has 1 aromatic heterocycles. The molecule has 0 bridgehead atoms. The molecular formula is C17H27N3S. The molecule has 0 aromatic carbocycles. The first kappa shape index (κ1) is 14.2. The van der Waals surface area contributed by atoms with Crippen LogP contribution in [0.3, 0.4) is 0 Å². The SMILES string of the molecule is Cc1csc(CN2CC(C)(C3CC3)NCC23CCCC3)n1. The first-order chi connectivity index (χ1) is 10.1. The predicted molar refractivity (Wildman–Crippen MR) is 87.6 cm³/mol. The van der Waals surface area contributed by atoms with Crippen molar-refractivity contribution in [2.75, 3.05) is 13.1 Å². The third kappa shape index (κ3) is 2.55. The summed E-state index contributed by atoms with van der Waals surface area (Å²) < 4.78 is 0. The van der Waals surface area contributed by atoms with Gasteiger partial charge in [0.2, 0.25) is 0 Å². The van der Waals surface area contributed by atoms with Crippen molar-refractivity contribution in [3.8, 4) is 0 Å². The van der Waals surface area contributed by atoms with Crippen molar-refractivity contribution in [3.63, 3.8) is 0 Å². The average molecular weight is 305 g/mol. The number of piperazine rings is 1. The third-order valence-corrected chi connectivity index (χ3v) is 6.97. The average Bonchev–Trinajstić information content (AvgIpc) is 3.10. The molecule has 3 nitrogen and oxygen atoms in total. The van der Waals surface area contributed by atoms with Gasteiger partial charge in [-0.3, -0.25) is 4.90 Å². The van der Waals surface area contributed by atoms with Crippen LogP contribution in [0, 0.1) is 12.8 Å². The van der Waals surface area contributed by atoms with E-state index in [0.29, 0.717) is 11.1 Å². The van der Waals surface area contributed by atoms with Crippen molar-refractivity contribution >= 4 is 11.3 Å². The second-order valence-corrected chi connectivity index (χ2v) is 8.66. The fourth-order valence-corrected chi connectivity index (χ4v) is 5.27. The highest BCUT2D eigenvalue weighted by atomic mass is 32.1. The molecule has 1 N–H and O–H groups in total. The summed E-state index contributed by atoms with van der Waals surface area (Å²) in [5.41, 5.74) is 1.92. The van der Waals surface area contributed by atoms with E-state index in [4.69, 9.17) is 4.98 Å². The zero-order chi connectivity index (χ0) is 14.5. The Bertz CT molecular complexity index is 516. The monoisotopic (exact) mass is 305 g/mol. The number of nitrogens with zero attached hydrogens (tertiary/aromatic N) is 2. The minimum atomic E-state index is 0.333. The van der Waals surface area contributed by atoms with Gasteiger partial charge < -0.3 is 5.32 Å². The van der Waals surface area contributed by atoms with Crippen molar-refractivity contribution in [1.29, 1.82) is 0 Å². The quantitative estimate of drug-likeness (QED) is 0.928. The van der Waals surface area contributed by atoms with Gasteiger partial charge in [-0.15, -0.1) is 11.3 Å². The van der Waals surface area contributed by atoms with E-state index < -0.39 is 0 Å². The third-order valence-electron chi connectivity index (χ3n) is 6.02. The van der Waals surface area contributed by atoms with Crippen LogP contribution in [0.25, 0.3) is 0 Å². The van der Waals surface area contributed by atoms with E-state index in [9.17, 15) is 0 Å². The fourth-order valence-electron chi connectivity index (χ4n) is 4.48. The van der Waals surface area contributed by atoms with Crippen LogP contribution in [0.15, 0.2) is 5.38 Å². The molecule has 3 fully saturated rings. The molecule has 21 heavy (non-hydrogen) atoms. The molecule has 1 saturated heterocycles. The van der Waals surface area contributed by atoms with Crippen molar-refractivity contribution in [2.24, 2.45) is 5.92 Å². The van der Waals surface area contributed by atoms with Gasteiger partial charge in [-0.1, -0.05) is 12.8 Å². The molecule has 0 radical (unpaired) electrons. The molecule has 1 aromatic rings. The van der Waals surface area contributed by atoms with Gasteiger partial charge in [0.1, 0.15) is 5.01 Å². The summed E-state index contributed by atoms with van der Waals surface area (Å²) in [4.78, 5) is 7.52. The second-order valence-electron chi connectivity index (χ2n) is 7.72. The van der Waals surface area contributed by atoms with Crippen LogP contribution in [0.1, 0.15) is 56.2 Å². The van der Waals surface area contributed by atoms with Gasteiger partial charge in [-0.05, 0) is 45.4 Å². The second kappa shape index (κ2) is 5.04. The lowest BCUT2D eigenvalue weighted by atomic mass is 9.84. The molecule has 4 heteroatoms. The predicted octanol–water partition coefficient (Wildman–Crippen LogP) is 3.34. The van der Waals surface area contributed by atoms with Crippen molar-refractivity contribution in [1.82, 2.24) is 15.2 Å². The number of hydrogen-bond donors (Lipinski definition) is 1. The summed E-state index contributed by atoms with van der Waals surface area (Å²) in [6.07, 6.45) is 8.36. The van der Waals surface area contributed by atoms with Gasteiger partial charge in [-0.25, -0.2) is 4.98 Å². The Morgan fingerprint density at radius 1 is 1.38 bits per heavy atom. The first-order valence-corrected chi connectivity index (χ1v) is 9.39. The lowest BCUT2D eigenvalue weighted by Crippen LogP contribution is -2.68. The molecule has 2 heterocycles. The van der Waals surface area contributed by atoms with E-state index in [-0.39, 0.29) is 0 Å². The van der Waals surface area contributed by atoms with Crippen molar-refractivity contribution < 1.29 is 0 Å². The van der Waals surface area contributed by atoms with Crippen LogP contribution in [-0.4, -0.2) is 34.1 Å². The van der Waals surface area contributed by atoms with E-state index in [2.05, 4.69) is 29.4 Å². The molecule has 1 atom stereocenters. The Hall–Kier alpha value is -0.450. The number of aromatic nitrogens is 1. The lowest BCUT2D eigenvalue weighted by molar-refractivity contribution is -0.000728. The molecule has 1 aliphatic heterocycles.